The molecule has 0 bridgehead atoms. The molecule has 5 aromatic rings. The number of amides is 1. The minimum atomic E-state index is -0.0380. The van der Waals surface area contributed by atoms with Crippen molar-refractivity contribution in [3.63, 3.8) is 0 Å². The number of halogens is 1. The molecule has 3 heterocycles. The third-order valence-corrected chi connectivity index (χ3v) is 7.56. The van der Waals surface area contributed by atoms with Crippen LogP contribution in [0.25, 0.3) is 16.1 Å². The van der Waals surface area contributed by atoms with Gasteiger partial charge in [-0.05, 0) is 41.5 Å². The monoisotopic (exact) mass is 592 g/mol. The second-order valence-electron chi connectivity index (χ2n) is 9.59. The van der Waals surface area contributed by atoms with E-state index in [-0.39, 0.29) is 12.3 Å². The number of rotatable bonds is 6. The van der Waals surface area contributed by atoms with Gasteiger partial charge >= 0.3 is 0 Å². The van der Waals surface area contributed by atoms with Crippen molar-refractivity contribution in [2.24, 2.45) is 0 Å². The van der Waals surface area contributed by atoms with Gasteiger partial charge < -0.3 is 18.8 Å². The number of methoxy groups -OCH3 is 1. The van der Waals surface area contributed by atoms with Crippen LogP contribution in [0.4, 0.5) is 11.4 Å². The Morgan fingerprint density at radius 2 is 1.93 bits per heavy atom. The summed E-state index contributed by atoms with van der Waals surface area (Å²) in [5.74, 6) is 1.52. The predicted molar refractivity (Wildman–Crippen MR) is 156 cm³/mol. The van der Waals surface area contributed by atoms with E-state index >= 15 is 0 Å². The van der Waals surface area contributed by atoms with Crippen LogP contribution in [0.2, 0.25) is 0 Å². The maximum Gasteiger partial charge on any atom is 0.233 e. The predicted octanol–water partition coefficient (Wildman–Crippen LogP) is 6.25. The second-order valence-corrected chi connectivity index (χ2v) is 10.5. The zero-order chi connectivity index (χ0) is 27.6. The number of ether oxygens (including phenoxy) is 1. The smallest absolute Gasteiger partial charge is 0.233 e. The molecule has 0 saturated heterocycles. The van der Waals surface area contributed by atoms with Crippen molar-refractivity contribution in [3.8, 4) is 17.0 Å². The number of nitrogens with zero attached hydrogens (tertiary/aromatic N) is 6. The molecule has 40 heavy (non-hydrogen) atoms. The van der Waals surface area contributed by atoms with Gasteiger partial charge in [0.05, 0.1) is 45.2 Å². The Morgan fingerprint density at radius 1 is 1.10 bits per heavy atom. The zero-order valence-electron chi connectivity index (χ0n) is 21.8. The summed E-state index contributed by atoms with van der Waals surface area (Å²) in [6.45, 7) is 8.66. The van der Waals surface area contributed by atoms with Gasteiger partial charge in [0.2, 0.25) is 5.91 Å². The van der Waals surface area contributed by atoms with E-state index in [1.54, 1.807) is 31.8 Å². The largest absolute Gasteiger partial charge is 0.496 e. The van der Waals surface area contributed by atoms with Crippen LogP contribution < -0.4 is 9.64 Å². The summed E-state index contributed by atoms with van der Waals surface area (Å²) >= 11 is 3.60. The third-order valence-electron chi connectivity index (χ3n) is 7.06. The van der Waals surface area contributed by atoms with Crippen LogP contribution in [0, 0.1) is 6.57 Å². The van der Waals surface area contributed by atoms with E-state index < -0.39 is 0 Å². The van der Waals surface area contributed by atoms with E-state index in [9.17, 15) is 4.79 Å². The fourth-order valence-electron chi connectivity index (χ4n) is 5.04. The SMILES string of the molecule is [C-]#[N+]c1ccc(Cn2cncc2CC(=O)N2Cc3nc(-c4ccccc4OC)cn3Cc3cc(Br)ccc32)cc1. The van der Waals surface area contributed by atoms with Gasteiger partial charge in [-0.1, -0.05) is 52.3 Å². The molecule has 0 N–H and O–H groups in total. The zero-order valence-corrected chi connectivity index (χ0v) is 23.4. The van der Waals surface area contributed by atoms with Crippen LogP contribution in [-0.2, 0) is 30.8 Å². The minimum Gasteiger partial charge on any atom is -0.496 e. The van der Waals surface area contributed by atoms with Crippen molar-refractivity contribution in [1.82, 2.24) is 19.1 Å². The lowest BCUT2D eigenvalue weighted by atomic mass is 10.1. The molecule has 0 unspecified atom stereocenters. The van der Waals surface area contributed by atoms with Gasteiger partial charge in [-0.2, -0.15) is 0 Å². The highest BCUT2D eigenvalue weighted by Gasteiger charge is 2.27. The molecular weight excluding hydrogens is 568 g/mol. The fraction of sp³-hybridized carbons (Fsp3) is 0.161. The normalized spacial score (nSPS) is 12.3. The molecule has 0 atom stereocenters. The Labute approximate surface area is 240 Å². The van der Waals surface area contributed by atoms with Gasteiger partial charge in [-0.25, -0.2) is 14.8 Å². The molecule has 8 nitrogen and oxygen atoms in total. The Balaban J connectivity index is 1.31. The average Bonchev–Trinajstić information content (AvgIpc) is 3.55. The van der Waals surface area contributed by atoms with Crippen molar-refractivity contribution in [2.45, 2.75) is 26.1 Å². The van der Waals surface area contributed by atoms with Gasteiger partial charge in [0, 0.05) is 40.4 Å². The molecule has 2 aromatic heterocycles. The molecule has 9 heteroatoms. The van der Waals surface area contributed by atoms with Gasteiger partial charge in [-0.3, -0.25) is 4.79 Å². The highest BCUT2D eigenvalue weighted by Crippen LogP contribution is 2.34. The summed E-state index contributed by atoms with van der Waals surface area (Å²) < 4.78 is 10.6. The lowest BCUT2D eigenvalue weighted by molar-refractivity contribution is -0.118. The number of fused-ring (bicyclic) bond motifs is 2. The Bertz CT molecular complexity index is 1750. The van der Waals surface area contributed by atoms with Gasteiger partial charge in [0.25, 0.3) is 0 Å². The van der Waals surface area contributed by atoms with Crippen molar-refractivity contribution >= 4 is 33.2 Å². The molecule has 0 aliphatic carbocycles. The Kier molecular flexibility index (Phi) is 6.93. The minimum absolute atomic E-state index is 0.0380. The second kappa shape index (κ2) is 10.8. The summed E-state index contributed by atoms with van der Waals surface area (Å²) in [5, 5.41) is 0. The van der Waals surface area contributed by atoms with Crippen LogP contribution >= 0.6 is 15.9 Å². The van der Waals surface area contributed by atoms with Gasteiger partial charge in [0.1, 0.15) is 11.6 Å². The summed E-state index contributed by atoms with van der Waals surface area (Å²) in [6.07, 6.45) is 5.70. The molecule has 1 amide bonds. The molecule has 1 aliphatic rings. The topological polar surface area (TPSA) is 69.5 Å². The summed E-state index contributed by atoms with van der Waals surface area (Å²) in [7, 11) is 1.65. The van der Waals surface area contributed by atoms with E-state index in [4.69, 9.17) is 16.3 Å². The van der Waals surface area contributed by atoms with E-state index in [0.29, 0.717) is 25.3 Å². The third kappa shape index (κ3) is 5.01. The summed E-state index contributed by atoms with van der Waals surface area (Å²) in [5.41, 5.74) is 6.07. The first-order chi connectivity index (χ1) is 19.5. The molecule has 198 valence electrons. The standard InChI is InChI=1S/C31H25BrN6O2/c1-33-24-10-7-21(8-11-24)16-37-20-34-15-25(37)14-31(39)38-19-30-35-27(26-5-3-4-6-29(26)40-2)18-36(30)17-22-13-23(32)9-12-28(22)38/h3-13,15,18,20H,14,16-17,19H2,2H3. The van der Waals surface area contributed by atoms with Crippen LogP contribution in [0.1, 0.15) is 22.6 Å². The first-order valence-electron chi connectivity index (χ1n) is 12.8. The highest BCUT2D eigenvalue weighted by molar-refractivity contribution is 9.10. The van der Waals surface area contributed by atoms with Crippen LogP contribution in [0.15, 0.2) is 89.9 Å². The summed E-state index contributed by atoms with van der Waals surface area (Å²) in [4.78, 5) is 28.5. The number of carbonyl (C=O) groups excluding carboxylic acids is 1. The van der Waals surface area contributed by atoms with Crippen molar-refractivity contribution in [1.29, 1.82) is 0 Å². The number of carbonyl (C=O) groups is 1. The molecular formula is C31H25BrN6O2. The number of aromatic nitrogens is 4. The molecule has 0 spiro atoms. The number of para-hydroxylation sites is 1. The van der Waals surface area contributed by atoms with Crippen LogP contribution in [0.5, 0.6) is 5.75 Å². The highest BCUT2D eigenvalue weighted by atomic mass is 79.9. The maximum atomic E-state index is 13.9. The number of benzene rings is 3. The number of hydrogen-bond acceptors (Lipinski definition) is 4. The van der Waals surface area contributed by atoms with Gasteiger partial charge in [0.15, 0.2) is 5.69 Å². The lowest BCUT2D eigenvalue weighted by Gasteiger charge is -2.23. The maximum absolute atomic E-state index is 13.9. The van der Waals surface area contributed by atoms with E-state index in [1.807, 2.05) is 64.2 Å². The number of imidazole rings is 2. The molecule has 0 saturated carbocycles. The van der Waals surface area contributed by atoms with E-state index in [1.165, 1.54) is 0 Å². The Morgan fingerprint density at radius 3 is 2.73 bits per heavy atom. The number of hydrogen-bond donors (Lipinski definition) is 0. The van der Waals surface area contributed by atoms with Gasteiger partial charge in [-0.15, -0.1) is 0 Å². The number of anilines is 1. The Hall–Kier alpha value is -4.68. The first-order valence-corrected chi connectivity index (χ1v) is 13.6. The van der Waals surface area contributed by atoms with Crippen molar-refractivity contribution < 1.29 is 9.53 Å². The molecule has 6 rings (SSSR count). The van der Waals surface area contributed by atoms with E-state index in [0.717, 1.165) is 49.8 Å². The van der Waals surface area contributed by atoms with Crippen molar-refractivity contribution in [2.75, 3.05) is 12.0 Å². The fourth-order valence-corrected chi connectivity index (χ4v) is 5.45. The molecule has 0 radical (unpaired) electrons. The van der Waals surface area contributed by atoms with E-state index in [2.05, 4.69) is 36.4 Å². The first kappa shape index (κ1) is 25.6. The van der Waals surface area contributed by atoms with Crippen LogP contribution in [-0.4, -0.2) is 32.1 Å². The quantitative estimate of drug-likeness (QED) is 0.218. The lowest BCUT2D eigenvalue weighted by Crippen LogP contribution is -2.32. The molecule has 3 aromatic carbocycles. The average molecular weight is 593 g/mol. The van der Waals surface area contributed by atoms with Crippen molar-refractivity contribution in [3.05, 3.63) is 124 Å². The molecule has 0 fully saturated rings. The summed E-state index contributed by atoms with van der Waals surface area (Å²) in [6, 6.07) is 21.3. The molecule has 1 aliphatic heterocycles. The van der Waals surface area contributed by atoms with Crippen LogP contribution in [0.3, 0.4) is 0 Å².